The summed E-state index contributed by atoms with van der Waals surface area (Å²) < 4.78 is 16.5. The maximum Gasteiger partial charge on any atom is 0.161 e. The first kappa shape index (κ1) is 15.7. The molecule has 2 rings (SSSR count). The van der Waals surface area contributed by atoms with Crippen LogP contribution in [-0.2, 0) is 0 Å². The van der Waals surface area contributed by atoms with Crippen molar-refractivity contribution in [2.75, 3.05) is 20.3 Å². The molecule has 0 radical (unpaired) electrons. The Morgan fingerprint density at radius 1 is 1.00 bits per heavy atom. The minimum atomic E-state index is 0.379. The molecule has 0 spiro atoms. The van der Waals surface area contributed by atoms with Gasteiger partial charge in [-0.3, -0.25) is 0 Å². The second-order valence-electron chi connectivity index (χ2n) is 4.66. The molecule has 0 fully saturated rings. The summed E-state index contributed by atoms with van der Waals surface area (Å²) in [6.45, 7) is 2.83. The second-order valence-corrected chi connectivity index (χ2v) is 4.66. The lowest BCUT2D eigenvalue weighted by atomic mass is 10.2. The molecule has 0 bridgehead atoms. The topological polar surface area (TPSA) is 60.3 Å². The van der Waals surface area contributed by atoms with Gasteiger partial charge in [-0.05, 0) is 37.3 Å². The summed E-state index contributed by atoms with van der Waals surface area (Å²) in [6, 6.07) is 13.1. The predicted octanol–water partition coefficient (Wildman–Crippen LogP) is 3.27. The van der Waals surface area contributed by atoms with E-state index in [0.29, 0.717) is 24.7 Å². The predicted molar refractivity (Wildman–Crippen MR) is 84.5 cm³/mol. The lowest BCUT2D eigenvalue weighted by molar-refractivity contribution is 0.211. The Labute approximate surface area is 129 Å². The van der Waals surface area contributed by atoms with E-state index in [2.05, 4.69) is 5.16 Å². The molecule has 2 aromatic rings. The molecule has 0 heterocycles. The van der Waals surface area contributed by atoms with Gasteiger partial charge in [0.05, 0.1) is 13.3 Å². The molecule has 0 saturated heterocycles. The number of aryl methyl sites for hydroxylation is 1. The minimum Gasteiger partial charge on any atom is -0.493 e. The Hall–Kier alpha value is -2.69. The van der Waals surface area contributed by atoms with Crippen molar-refractivity contribution in [1.29, 1.82) is 0 Å². The van der Waals surface area contributed by atoms with Crippen molar-refractivity contribution >= 4 is 6.21 Å². The van der Waals surface area contributed by atoms with Gasteiger partial charge < -0.3 is 19.4 Å². The highest BCUT2D eigenvalue weighted by atomic mass is 16.5. The van der Waals surface area contributed by atoms with Gasteiger partial charge in [-0.25, -0.2) is 0 Å². The molecule has 0 aliphatic heterocycles. The fourth-order valence-electron chi connectivity index (χ4n) is 1.90. The molecular formula is C17H19NO4. The van der Waals surface area contributed by atoms with Gasteiger partial charge >= 0.3 is 0 Å². The Morgan fingerprint density at radius 2 is 1.73 bits per heavy atom. The third kappa shape index (κ3) is 4.41. The lowest BCUT2D eigenvalue weighted by Crippen LogP contribution is -2.09. The molecule has 0 aromatic heterocycles. The Kier molecular flexibility index (Phi) is 5.65. The third-order valence-electron chi connectivity index (χ3n) is 3.03. The highest BCUT2D eigenvalue weighted by molar-refractivity contribution is 5.80. The van der Waals surface area contributed by atoms with Crippen LogP contribution >= 0.6 is 0 Å². The van der Waals surface area contributed by atoms with Gasteiger partial charge in [0.1, 0.15) is 19.0 Å². The van der Waals surface area contributed by atoms with Crippen molar-refractivity contribution in [2.24, 2.45) is 5.16 Å². The highest BCUT2D eigenvalue weighted by Crippen LogP contribution is 2.27. The molecule has 5 heteroatoms. The van der Waals surface area contributed by atoms with E-state index in [4.69, 9.17) is 19.4 Å². The van der Waals surface area contributed by atoms with Crippen LogP contribution in [-0.4, -0.2) is 31.7 Å². The van der Waals surface area contributed by atoms with Crippen molar-refractivity contribution < 1.29 is 19.4 Å². The number of hydrogen-bond acceptors (Lipinski definition) is 5. The SMILES string of the molecule is COc1ccc(/C=N/O)cc1OCCOc1ccc(C)cc1. The summed E-state index contributed by atoms with van der Waals surface area (Å²) in [5, 5.41) is 11.6. The van der Waals surface area contributed by atoms with E-state index >= 15 is 0 Å². The number of hydrogen-bond donors (Lipinski definition) is 1. The van der Waals surface area contributed by atoms with Crippen LogP contribution in [0.3, 0.4) is 0 Å². The van der Waals surface area contributed by atoms with Gasteiger partial charge in [0.15, 0.2) is 11.5 Å². The van der Waals surface area contributed by atoms with Crippen LogP contribution in [0.1, 0.15) is 11.1 Å². The van der Waals surface area contributed by atoms with E-state index < -0.39 is 0 Å². The number of nitrogens with zero attached hydrogens (tertiary/aromatic N) is 1. The Balaban J connectivity index is 1.90. The molecule has 0 aliphatic carbocycles. The van der Waals surface area contributed by atoms with Crippen LogP contribution in [0.15, 0.2) is 47.6 Å². The van der Waals surface area contributed by atoms with E-state index in [1.165, 1.54) is 11.8 Å². The number of methoxy groups -OCH3 is 1. The molecule has 22 heavy (non-hydrogen) atoms. The molecular weight excluding hydrogens is 282 g/mol. The largest absolute Gasteiger partial charge is 0.493 e. The molecule has 0 unspecified atom stereocenters. The average Bonchev–Trinajstić information content (AvgIpc) is 2.54. The van der Waals surface area contributed by atoms with E-state index in [-0.39, 0.29) is 0 Å². The van der Waals surface area contributed by atoms with Crippen LogP contribution < -0.4 is 14.2 Å². The van der Waals surface area contributed by atoms with Gasteiger partial charge in [-0.1, -0.05) is 22.9 Å². The van der Waals surface area contributed by atoms with Crippen LogP contribution in [0.4, 0.5) is 0 Å². The molecule has 5 nitrogen and oxygen atoms in total. The zero-order chi connectivity index (χ0) is 15.8. The van der Waals surface area contributed by atoms with Crippen molar-refractivity contribution in [3.8, 4) is 17.2 Å². The molecule has 2 aromatic carbocycles. The van der Waals surface area contributed by atoms with E-state index in [0.717, 1.165) is 11.3 Å². The van der Waals surface area contributed by atoms with E-state index in [9.17, 15) is 0 Å². The molecule has 0 aliphatic rings. The molecule has 0 saturated carbocycles. The molecule has 116 valence electrons. The van der Waals surface area contributed by atoms with Crippen LogP contribution in [0, 0.1) is 6.92 Å². The van der Waals surface area contributed by atoms with Crippen LogP contribution in [0.25, 0.3) is 0 Å². The Bertz CT molecular complexity index is 623. The molecule has 1 N–H and O–H groups in total. The zero-order valence-corrected chi connectivity index (χ0v) is 12.7. The second kappa shape index (κ2) is 7.93. The molecule has 0 amide bonds. The summed E-state index contributed by atoms with van der Waals surface area (Å²) in [7, 11) is 1.57. The lowest BCUT2D eigenvalue weighted by Gasteiger charge is -2.12. The van der Waals surface area contributed by atoms with Gasteiger partial charge in [0.2, 0.25) is 0 Å². The first-order valence-electron chi connectivity index (χ1n) is 6.90. The Morgan fingerprint density at radius 3 is 2.41 bits per heavy atom. The van der Waals surface area contributed by atoms with E-state index in [1.807, 2.05) is 31.2 Å². The number of oxime groups is 1. The maximum absolute atomic E-state index is 8.57. The van der Waals surface area contributed by atoms with Crippen molar-refractivity contribution in [3.05, 3.63) is 53.6 Å². The normalized spacial score (nSPS) is 10.6. The standard InChI is InChI=1S/C17H19NO4/c1-13-3-6-15(7-4-13)21-9-10-22-17-11-14(12-18-19)5-8-16(17)20-2/h3-8,11-12,19H,9-10H2,1-2H3/b18-12+. The van der Waals surface area contributed by atoms with Crippen LogP contribution in [0.5, 0.6) is 17.2 Å². The summed E-state index contributed by atoms with van der Waals surface area (Å²) in [5.41, 5.74) is 1.91. The molecule has 0 atom stereocenters. The number of rotatable bonds is 7. The fraction of sp³-hybridized carbons (Fsp3) is 0.235. The van der Waals surface area contributed by atoms with Gasteiger partial charge in [0, 0.05) is 5.56 Å². The van der Waals surface area contributed by atoms with Gasteiger partial charge in [0.25, 0.3) is 0 Å². The summed E-state index contributed by atoms with van der Waals surface area (Å²) in [4.78, 5) is 0. The third-order valence-corrected chi connectivity index (χ3v) is 3.03. The average molecular weight is 301 g/mol. The van der Waals surface area contributed by atoms with Gasteiger partial charge in [-0.15, -0.1) is 0 Å². The first-order chi connectivity index (χ1) is 10.7. The van der Waals surface area contributed by atoms with Crippen LogP contribution in [0.2, 0.25) is 0 Å². The van der Waals surface area contributed by atoms with Crippen molar-refractivity contribution in [1.82, 2.24) is 0 Å². The summed E-state index contributed by atoms with van der Waals surface area (Å²) in [6.07, 6.45) is 1.33. The van der Waals surface area contributed by atoms with Crippen molar-refractivity contribution in [3.63, 3.8) is 0 Å². The number of ether oxygens (including phenoxy) is 3. The maximum atomic E-state index is 8.57. The minimum absolute atomic E-state index is 0.379. The van der Waals surface area contributed by atoms with Gasteiger partial charge in [-0.2, -0.15) is 0 Å². The monoisotopic (exact) mass is 301 g/mol. The fourth-order valence-corrected chi connectivity index (χ4v) is 1.90. The van der Waals surface area contributed by atoms with E-state index in [1.54, 1.807) is 25.3 Å². The van der Waals surface area contributed by atoms with Crippen molar-refractivity contribution in [2.45, 2.75) is 6.92 Å². The quantitative estimate of drug-likeness (QED) is 0.369. The number of benzene rings is 2. The first-order valence-corrected chi connectivity index (χ1v) is 6.90. The summed E-state index contributed by atoms with van der Waals surface area (Å²) >= 11 is 0. The zero-order valence-electron chi connectivity index (χ0n) is 12.7. The highest BCUT2D eigenvalue weighted by Gasteiger charge is 2.05. The summed E-state index contributed by atoms with van der Waals surface area (Å²) in [5.74, 6) is 2.00. The smallest absolute Gasteiger partial charge is 0.161 e.